The average Bonchev–Trinajstić information content (AvgIpc) is 2.66. The van der Waals surface area contributed by atoms with Gasteiger partial charge in [0.2, 0.25) is 0 Å². The first kappa shape index (κ1) is 26.9. The van der Waals surface area contributed by atoms with Gasteiger partial charge in [0, 0.05) is 26.7 Å². The van der Waals surface area contributed by atoms with Crippen molar-refractivity contribution in [2.24, 2.45) is 4.99 Å². The predicted molar refractivity (Wildman–Crippen MR) is 122 cm³/mol. The fourth-order valence-corrected chi connectivity index (χ4v) is 2.41. The predicted octanol–water partition coefficient (Wildman–Crippen LogP) is 3.68. The van der Waals surface area contributed by atoms with Crippen molar-refractivity contribution in [3.05, 3.63) is 29.6 Å². The Labute approximate surface area is 185 Å². The standard InChI is InChI=1S/C20H34FN3O3.HI/c1-5-7-11-26-13-14-27-12-10-23-20(22-6-2)24(3)16-17-8-9-19(25-4)18(21)15-17;/h8-9,15H,5-7,10-14,16H2,1-4H3,(H,22,23);1H. The first-order chi connectivity index (χ1) is 13.1. The van der Waals surface area contributed by atoms with E-state index in [2.05, 4.69) is 17.2 Å². The molecule has 0 aliphatic heterocycles. The van der Waals surface area contributed by atoms with Crippen LogP contribution in [-0.2, 0) is 16.0 Å². The maximum absolute atomic E-state index is 13.9. The van der Waals surface area contributed by atoms with Crippen molar-refractivity contribution in [1.82, 2.24) is 10.2 Å². The molecule has 0 aliphatic carbocycles. The van der Waals surface area contributed by atoms with E-state index in [-0.39, 0.29) is 35.5 Å². The summed E-state index contributed by atoms with van der Waals surface area (Å²) in [6, 6.07) is 4.98. The van der Waals surface area contributed by atoms with Gasteiger partial charge >= 0.3 is 0 Å². The zero-order valence-corrected chi connectivity index (χ0v) is 19.8. The molecule has 0 unspecified atom stereocenters. The van der Waals surface area contributed by atoms with Crippen LogP contribution in [0.4, 0.5) is 4.39 Å². The summed E-state index contributed by atoms with van der Waals surface area (Å²) in [5, 5.41) is 3.24. The molecule has 162 valence electrons. The fraction of sp³-hybridized carbons (Fsp3) is 0.650. The van der Waals surface area contributed by atoms with Crippen molar-refractivity contribution in [3.63, 3.8) is 0 Å². The molecule has 0 aliphatic rings. The molecule has 1 N–H and O–H groups in total. The zero-order valence-electron chi connectivity index (χ0n) is 17.5. The van der Waals surface area contributed by atoms with E-state index in [1.54, 1.807) is 6.07 Å². The van der Waals surface area contributed by atoms with Crippen LogP contribution in [-0.4, -0.2) is 64.5 Å². The second-order valence-corrected chi connectivity index (χ2v) is 6.14. The highest BCUT2D eigenvalue weighted by Gasteiger charge is 2.09. The molecule has 0 radical (unpaired) electrons. The second kappa shape index (κ2) is 16.8. The Morgan fingerprint density at radius 3 is 2.46 bits per heavy atom. The SMILES string of the molecule is CCCCOCCOCCN=C(NCC)N(C)Cc1ccc(OC)c(F)c1.I. The van der Waals surface area contributed by atoms with Gasteiger partial charge in [-0.25, -0.2) is 4.39 Å². The van der Waals surface area contributed by atoms with Gasteiger partial charge in [0.05, 0.1) is 33.5 Å². The van der Waals surface area contributed by atoms with Crippen LogP contribution in [0, 0.1) is 5.82 Å². The summed E-state index contributed by atoms with van der Waals surface area (Å²) in [6.45, 7) is 8.53. The highest BCUT2D eigenvalue weighted by molar-refractivity contribution is 14.0. The molecular formula is C20H35FIN3O3. The van der Waals surface area contributed by atoms with Crippen molar-refractivity contribution < 1.29 is 18.6 Å². The van der Waals surface area contributed by atoms with Gasteiger partial charge in [0.25, 0.3) is 0 Å². The maximum atomic E-state index is 13.9. The summed E-state index contributed by atoms with van der Waals surface area (Å²) in [5.41, 5.74) is 0.849. The number of nitrogens with zero attached hydrogens (tertiary/aromatic N) is 2. The summed E-state index contributed by atoms with van der Waals surface area (Å²) >= 11 is 0. The molecule has 0 heterocycles. The van der Waals surface area contributed by atoms with Crippen LogP contribution in [0.5, 0.6) is 5.75 Å². The second-order valence-electron chi connectivity index (χ2n) is 6.14. The summed E-state index contributed by atoms with van der Waals surface area (Å²) in [5.74, 6) is 0.647. The quantitative estimate of drug-likeness (QED) is 0.190. The lowest BCUT2D eigenvalue weighted by molar-refractivity contribution is 0.0497. The molecule has 0 amide bonds. The minimum absolute atomic E-state index is 0. The first-order valence-corrected chi connectivity index (χ1v) is 9.59. The Kier molecular flexibility index (Phi) is 16.1. The summed E-state index contributed by atoms with van der Waals surface area (Å²) < 4.78 is 29.8. The number of rotatable bonds is 13. The van der Waals surface area contributed by atoms with E-state index in [4.69, 9.17) is 14.2 Å². The number of aliphatic imine (C=N–C) groups is 1. The number of halogens is 2. The van der Waals surface area contributed by atoms with Gasteiger partial charge in [0.1, 0.15) is 0 Å². The summed E-state index contributed by atoms with van der Waals surface area (Å²) in [4.78, 5) is 6.52. The minimum atomic E-state index is -0.361. The number of hydrogen-bond acceptors (Lipinski definition) is 4. The van der Waals surface area contributed by atoms with Crippen molar-refractivity contribution in [2.75, 3.05) is 53.7 Å². The van der Waals surface area contributed by atoms with Crippen LogP contribution in [0.2, 0.25) is 0 Å². The van der Waals surface area contributed by atoms with Gasteiger partial charge in [-0.1, -0.05) is 19.4 Å². The molecular weight excluding hydrogens is 476 g/mol. The molecule has 0 bridgehead atoms. The van der Waals surface area contributed by atoms with Crippen LogP contribution in [0.25, 0.3) is 0 Å². The Balaban J connectivity index is 0.00000729. The number of unbranched alkanes of at least 4 members (excludes halogenated alkanes) is 1. The number of hydrogen-bond donors (Lipinski definition) is 1. The van der Waals surface area contributed by atoms with E-state index >= 15 is 0 Å². The Morgan fingerprint density at radius 1 is 1.14 bits per heavy atom. The smallest absolute Gasteiger partial charge is 0.194 e. The lowest BCUT2D eigenvalue weighted by Crippen LogP contribution is -2.38. The normalized spacial score (nSPS) is 11.1. The van der Waals surface area contributed by atoms with E-state index in [9.17, 15) is 4.39 Å². The molecule has 0 saturated heterocycles. The molecule has 28 heavy (non-hydrogen) atoms. The number of nitrogens with one attached hydrogen (secondary N) is 1. The van der Waals surface area contributed by atoms with Crippen LogP contribution in [0.1, 0.15) is 32.3 Å². The molecule has 0 fully saturated rings. The Morgan fingerprint density at radius 2 is 1.86 bits per heavy atom. The highest BCUT2D eigenvalue weighted by Crippen LogP contribution is 2.18. The number of ether oxygens (including phenoxy) is 3. The molecule has 1 aromatic carbocycles. The van der Waals surface area contributed by atoms with Crippen LogP contribution in [0.15, 0.2) is 23.2 Å². The third-order valence-electron chi connectivity index (χ3n) is 3.84. The zero-order chi connectivity index (χ0) is 19.9. The van der Waals surface area contributed by atoms with Gasteiger partial charge in [-0.15, -0.1) is 24.0 Å². The minimum Gasteiger partial charge on any atom is -0.494 e. The molecule has 0 spiro atoms. The third kappa shape index (κ3) is 11.0. The summed E-state index contributed by atoms with van der Waals surface area (Å²) in [7, 11) is 3.38. The Hall–Kier alpha value is -1.13. The maximum Gasteiger partial charge on any atom is 0.194 e. The molecule has 1 rings (SSSR count). The van der Waals surface area contributed by atoms with E-state index in [0.29, 0.717) is 32.9 Å². The third-order valence-corrected chi connectivity index (χ3v) is 3.84. The fourth-order valence-electron chi connectivity index (χ4n) is 2.41. The van der Waals surface area contributed by atoms with Gasteiger partial charge in [-0.3, -0.25) is 4.99 Å². The molecule has 0 aromatic heterocycles. The number of benzene rings is 1. The lowest BCUT2D eigenvalue weighted by Gasteiger charge is -2.22. The molecule has 0 atom stereocenters. The molecule has 6 nitrogen and oxygen atoms in total. The lowest BCUT2D eigenvalue weighted by atomic mass is 10.2. The van der Waals surface area contributed by atoms with Gasteiger partial charge in [0.15, 0.2) is 17.5 Å². The van der Waals surface area contributed by atoms with E-state index in [1.165, 1.54) is 13.2 Å². The Bertz CT molecular complexity index is 561. The average molecular weight is 511 g/mol. The van der Waals surface area contributed by atoms with Gasteiger partial charge < -0.3 is 24.4 Å². The van der Waals surface area contributed by atoms with Crippen LogP contribution < -0.4 is 10.1 Å². The molecule has 1 aromatic rings. The van der Waals surface area contributed by atoms with Crippen molar-refractivity contribution in [3.8, 4) is 5.75 Å². The first-order valence-electron chi connectivity index (χ1n) is 9.59. The number of methoxy groups -OCH3 is 1. The highest BCUT2D eigenvalue weighted by atomic mass is 127. The summed E-state index contributed by atoms with van der Waals surface area (Å²) in [6.07, 6.45) is 2.22. The van der Waals surface area contributed by atoms with Crippen molar-refractivity contribution in [1.29, 1.82) is 0 Å². The van der Waals surface area contributed by atoms with Gasteiger partial charge in [-0.2, -0.15) is 0 Å². The van der Waals surface area contributed by atoms with E-state index in [0.717, 1.165) is 37.5 Å². The van der Waals surface area contributed by atoms with Crippen LogP contribution >= 0.6 is 24.0 Å². The molecule has 0 saturated carbocycles. The topological polar surface area (TPSA) is 55.3 Å². The molecule has 8 heteroatoms. The monoisotopic (exact) mass is 511 g/mol. The van der Waals surface area contributed by atoms with E-state index in [1.807, 2.05) is 24.9 Å². The van der Waals surface area contributed by atoms with Crippen molar-refractivity contribution >= 4 is 29.9 Å². The van der Waals surface area contributed by atoms with E-state index < -0.39 is 0 Å². The number of guanidine groups is 1. The van der Waals surface area contributed by atoms with Gasteiger partial charge in [-0.05, 0) is 31.0 Å². The largest absolute Gasteiger partial charge is 0.494 e. The van der Waals surface area contributed by atoms with Crippen LogP contribution in [0.3, 0.4) is 0 Å². The van der Waals surface area contributed by atoms with Crippen molar-refractivity contribution in [2.45, 2.75) is 33.2 Å².